The Morgan fingerprint density at radius 2 is 0.800 bits per heavy atom. The predicted molar refractivity (Wildman–Crippen MR) is 235 cm³/mol. The largest absolute Gasteiger partial charge is 0.381 e. The molecule has 1 saturated heterocycles. The maximum absolute atomic E-state index is 5.14. The maximum atomic E-state index is 5.14. The summed E-state index contributed by atoms with van der Waals surface area (Å²) in [7, 11) is 0. The van der Waals surface area contributed by atoms with Gasteiger partial charge in [-0.3, -0.25) is 0 Å². The highest BCUT2D eigenvalue weighted by atomic mass is 16.5. The van der Waals surface area contributed by atoms with Crippen LogP contribution < -0.4 is 0 Å². The average molecular weight is 705 g/mol. The second-order valence-electron chi connectivity index (χ2n) is 18.5. The van der Waals surface area contributed by atoms with E-state index in [9.17, 15) is 0 Å². The van der Waals surface area contributed by atoms with Gasteiger partial charge in [-0.1, -0.05) is 243 Å². The Labute approximate surface area is 320 Å². The first-order chi connectivity index (χ1) is 23.0. The van der Waals surface area contributed by atoms with Crippen LogP contribution in [0.1, 0.15) is 225 Å². The molecule has 50 heavy (non-hydrogen) atoms. The minimum atomic E-state index is 0. The van der Waals surface area contributed by atoms with Gasteiger partial charge in [0.05, 0.1) is 0 Å². The van der Waals surface area contributed by atoms with Crippen LogP contribution in [0.2, 0.25) is 0 Å². The summed E-state index contributed by atoms with van der Waals surface area (Å²) in [5.41, 5.74) is 1.82. The van der Waals surface area contributed by atoms with Gasteiger partial charge in [0.15, 0.2) is 0 Å². The van der Waals surface area contributed by atoms with Crippen molar-refractivity contribution in [2.75, 3.05) is 13.2 Å². The molecule has 4 saturated carbocycles. The third kappa shape index (κ3) is 62.3. The lowest BCUT2D eigenvalue weighted by molar-refractivity contribution is 0.0716. The minimum absolute atomic E-state index is 0. The summed E-state index contributed by atoms with van der Waals surface area (Å²) < 4.78 is 5.14. The number of aryl methyl sites for hydroxylation is 1. The van der Waals surface area contributed by atoms with E-state index in [0.717, 1.165) is 48.7 Å². The van der Waals surface area contributed by atoms with Crippen LogP contribution in [0.4, 0.5) is 0 Å². The van der Waals surface area contributed by atoms with Gasteiger partial charge < -0.3 is 4.74 Å². The Bertz CT molecular complexity index is 678. The normalized spacial score (nSPS) is 18.6. The number of ether oxygens (including phenoxy) is 1. The number of hydrogen-bond donors (Lipinski definition) is 0. The molecule has 0 atom stereocenters. The molecule has 0 bridgehead atoms. The Kier molecular flexibility index (Phi) is 44.1. The van der Waals surface area contributed by atoms with Gasteiger partial charge >= 0.3 is 0 Å². The summed E-state index contributed by atoms with van der Waals surface area (Å²) in [4.78, 5) is 0. The summed E-state index contributed by atoms with van der Waals surface area (Å²) in [5.74, 6) is 5.97. The molecule has 0 amide bonds. The van der Waals surface area contributed by atoms with E-state index < -0.39 is 0 Å². The summed E-state index contributed by atoms with van der Waals surface area (Å²) >= 11 is 0. The molecule has 6 rings (SSSR count). The van der Waals surface area contributed by atoms with Gasteiger partial charge in [-0.15, -0.1) is 0 Å². The summed E-state index contributed by atoms with van der Waals surface area (Å²) in [6.07, 6.45) is 26.0. The quantitative estimate of drug-likeness (QED) is 0.283. The molecular formula is C49H100O. The molecule has 5 aliphatic rings. The molecule has 1 nitrogen and oxygen atoms in total. The van der Waals surface area contributed by atoms with E-state index in [1.165, 1.54) is 121 Å². The van der Waals surface area contributed by atoms with Crippen LogP contribution in [0.3, 0.4) is 0 Å². The van der Waals surface area contributed by atoms with Gasteiger partial charge in [0.1, 0.15) is 0 Å². The number of unbranched alkanes of at least 4 members (excludes halogenated alkanes) is 1. The van der Waals surface area contributed by atoms with Crippen molar-refractivity contribution in [2.24, 2.45) is 40.9 Å². The first-order valence-corrected chi connectivity index (χ1v) is 21.6. The molecule has 4 aliphatic carbocycles. The molecule has 1 heterocycles. The van der Waals surface area contributed by atoms with Crippen LogP contribution in [0.15, 0.2) is 30.3 Å². The van der Waals surface area contributed by atoms with Crippen LogP contribution in [-0.2, 0) is 4.74 Å². The molecule has 1 heteroatoms. The molecule has 302 valence electrons. The topological polar surface area (TPSA) is 9.23 Å². The summed E-state index contributed by atoms with van der Waals surface area (Å²) in [6, 6.07) is 10.3. The predicted octanol–water partition coefficient (Wildman–Crippen LogP) is 17.6. The van der Waals surface area contributed by atoms with Gasteiger partial charge in [-0.2, -0.15) is 0 Å². The lowest BCUT2D eigenvalue weighted by atomic mass is 9.88. The second kappa shape index (κ2) is 39.4. The van der Waals surface area contributed by atoms with Crippen LogP contribution in [0.5, 0.6) is 0 Å². The van der Waals surface area contributed by atoms with Crippen LogP contribution in [0, 0.1) is 47.8 Å². The van der Waals surface area contributed by atoms with Crippen LogP contribution in [-0.4, -0.2) is 13.2 Å². The van der Waals surface area contributed by atoms with E-state index in [4.69, 9.17) is 4.74 Å². The van der Waals surface area contributed by atoms with E-state index in [2.05, 4.69) is 116 Å². The highest BCUT2D eigenvalue weighted by molar-refractivity contribution is 5.11. The zero-order chi connectivity index (χ0) is 37.9. The zero-order valence-electron chi connectivity index (χ0n) is 36.9. The van der Waals surface area contributed by atoms with Gasteiger partial charge in [0, 0.05) is 13.2 Å². The average Bonchev–Trinajstić information content (AvgIpc) is 3.66. The Morgan fingerprint density at radius 1 is 0.520 bits per heavy atom. The van der Waals surface area contributed by atoms with Crippen molar-refractivity contribution in [2.45, 2.75) is 227 Å². The molecular weight excluding hydrogens is 605 g/mol. The minimum Gasteiger partial charge on any atom is -0.381 e. The fraction of sp³-hybridized carbons (Fsp3) is 0.878. The first kappa shape index (κ1) is 55.9. The third-order valence-electron chi connectivity index (χ3n) is 8.75. The number of benzene rings is 1. The van der Waals surface area contributed by atoms with Crippen molar-refractivity contribution in [3.8, 4) is 0 Å². The van der Waals surface area contributed by atoms with Gasteiger partial charge in [-0.25, -0.2) is 0 Å². The van der Waals surface area contributed by atoms with E-state index in [1.54, 1.807) is 0 Å². The van der Waals surface area contributed by atoms with Gasteiger partial charge in [0.25, 0.3) is 0 Å². The SMILES string of the molecule is C.CC(C)(C)C.CC(C)C.CC1CC1.CC1CCC1.CC1CCCC1.CC1CCCCC1.CC1CCOCC1.CCCC.Cc1ccccc1. The van der Waals surface area contributed by atoms with Gasteiger partial charge in [-0.05, 0) is 60.7 Å². The third-order valence-corrected chi connectivity index (χ3v) is 8.75. The molecule has 0 spiro atoms. The van der Waals surface area contributed by atoms with Crippen molar-refractivity contribution in [3.05, 3.63) is 35.9 Å². The summed E-state index contributed by atoms with van der Waals surface area (Å²) in [5, 5.41) is 0. The maximum Gasteiger partial charge on any atom is 0.0468 e. The molecule has 1 aliphatic heterocycles. The fourth-order valence-corrected chi connectivity index (χ4v) is 4.57. The molecule has 0 unspecified atom stereocenters. The Morgan fingerprint density at radius 3 is 0.920 bits per heavy atom. The Hall–Kier alpha value is -0.820. The number of hydrogen-bond acceptors (Lipinski definition) is 1. The number of rotatable bonds is 1. The fourth-order valence-electron chi connectivity index (χ4n) is 4.57. The van der Waals surface area contributed by atoms with E-state index >= 15 is 0 Å². The van der Waals surface area contributed by atoms with Crippen molar-refractivity contribution >= 4 is 0 Å². The molecule has 5 fully saturated rings. The van der Waals surface area contributed by atoms with Crippen molar-refractivity contribution in [1.29, 1.82) is 0 Å². The second-order valence-corrected chi connectivity index (χ2v) is 18.5. The zero-order valence-corrected chi connectivity index (χ0v) is 36.9. The molecule has 1 aromatic carbocycles. The van der Waals surface area contributed by atoms with Crippen LogP contribution in [0.25, 0.3) is 0 Å². The van der Waals surface area contributed by atoms with Gasteiger partial charge in [0.2, 0.25) is 0 Å². The van der Waals surface area contributed by atoms with Crippen molar-refractivity contribution in [1.82, 2.24) is 0 Å². The monoisotopic (exact) mass is 705 g/mol. The standard InChI is InChI=1S/C7H14.C7H8.C6H12O.C6H12.C5H10.C5H12.C4H8.2C4H10.CH4/c2*1-7-5-3-2-4-6-7;1-6-2-4-7-5-3-6;1-6-4-2-3-5-6;1-5-3-2-4-5;1-5(2,3)4;1-4-2-3-4;1-4(2)3;1-3-4-2;/h7H,2-6H2,1H3;2-6H,1H3;6H,2-5H2,1H3;6H,2-5H2,1H3;5H,2-4H2,1H3;1-4H3;4H,2-3H2,1H3;4H,1-3H3;3-4H2,1-2H3;1H4. The van der Waals surface area contributed by atoms with Crippen molar-refractivity contribution < 1.29 is 4.74 Å². The molecule has 0 radical (unpaired) electrons. The van der Waals surface area contributed by atoms with E-state index in [-0.39, 0.29) is 7.43 Å². The van der Waals surface area contributed by atoms with Crippen molar-refractivity contribution in [3.63, 3.8) is 0 Å². The molecule has 0 aromatic heterocycles. The lowest BCUT2D eigenvalue weighted by Gasteiger charge is -2.18. The van der Waals surface area contributed by atoms with Crippen LogP contribution >= 0.6 is 0 Å². The van der Waals surface area contributed by atoms with E-state index in [1.807, 2.05) is 18.2 Å². The smallest absolute Gasteiger partial charge is 0.0468 e. The molecule has 0 N–H and O–H groups in total. The first-order valence-electron chi connectivity index (χ1n) is 21.6. The highest BCUT2D eigenvalue weighted by Gasteiger charge is 2.12. The molecule has 1 aromatic rings. The lowest BCUT2D eigenvalue weighted by Crippen LogP contribution is -2.12. The summed E-state index contributed by atoms with van der Waals surface area (Å²) in [6.45, 7) is 35.2. The highest BCUT2D eigenvalue weighted by Crippen LogP contribution is 2.27. The Balaban J connectivity index is -0.000000240. The van der Waals surface area contributed by atoms with E-state index in [0.29, 0.717) is 5.41 Å².